The van der Waals surface area contributed by atoms with Crippen LogP contribution < -0.4 is 0 Å². The second kappa shape index (κ2) is 7.59. The molecule has 0 aromatic heterocycles. The molecule has 0 amide bonds. The van der Waals surface area contributed by atoms with E-state index in [1.807, 2.05) is 0 Å². The van der Waals surface area contributed by atoms with E-state index >= 15 is 0 Å². The highest BCUT2D eigenvalue weighted by Crippen LogP contribution is 2.77. The van der Waals surface area contributed by atoms with Crippen molar-refractivity contribution in [3.63, 3.8) is 0 Å². The molecule has 0 aliphatic heterocycles. The molecule has 0 saturated heterocycles. The van der Waals surface area contributed by atoms with E-state index in [1.165, 1.54) is 24.8 Å². The van der Waals surface area contributed by atoms with Crippen LogP contribution in [0.25, 0.3) is 0 Å². The van der Waals surface area contributed by atoms with Gasteiger partial charge in [-0.2, -0.15) is 0 Å². The topological polar surface area (TPSA) is 57.5 Å². The monoisotopic (exact) mass is 470 g/mol. The summed E-state index contributed by atoms with van der Waals surface area (Å²) in [7, 11) is 0. The van der Waals surface area contributed by atoms with Gasteiger partial charge in [-0.25, -0.2) is 0 Å². The number of hydrogen-bond donors (Lipinski definition) is 2. The van der Waals surface area contributed by atoms with Crippen molar-refractivity contribution in [2.24, 2.45) is 62.6 Å². The van der Waals surface area contributed by atoms with Gasteiger partial charge < -0.3 is 10.2 Å². The SMILES string of the molecule is C=C(C)C1CC[C@]2(C)CC[C@]3(C(=O)O)C(CCC4[C@@]5(C)CC[C@H](C)[C@@](C)(CO)C5CC[C@]43C)C12. The number of fused-ring (bicyclic) bond motifs is 7. The predicted octanol–water partition coefficient (Wildman–Crippen LogP) is 7.34. The molecule has 0 aromatic rings. The van der Waals surface area contributed by atoms with Crippen LogP contribution in [0.2, 0.25) is 0 Å². The minimum absolute atomic E-state index is 0.0524. The van der Waals surface area contributed by atoms with Crippen LogP contribution in [0.1, 0.15) is 106 Å². The molecule has 3 heteroatoms. The first-order chi connectivity index (χ1) is 15.8. The highest BCUT2D eigenvalue weighted by Gasteiger charge is 2.74. The summed E-state index contributed by atoms with van der Waals surface area (Å²) in [6, 6.07) is 0. The average molecular weight is 471 g/mol. The highest BCUT2D eigenvalue weighted by molar-refractivity contribution is 5.77. The largest absolute Gasteiger partial charge is 0.481 e. The van der Waals surface area contributed by atoms with Crippen molar-refractivity contribution in [3.8, 4) is 0 Å². The lowest BCUT2D eigenvalue weighted by Crippen LogP contribution is -2.69. The number of carbonyl (C=O) groups is 1. The molecule has 5 rings (SSSR count). The van der Waals surface area contributed by atoms with Gasteiger partial charge in [-0.1, -0.05) is 46.8 Å². The number of carboxylic acids is 1. The number of hydrogen-bond acceptors (Lipinski definition) is 2. The zero-order valence-electron chi connectivity index (χ0n) is 22.8. The summed E-state index contributed by atoms with van der Waals surface area (Å²) in [5, 5.41) is 21.7. The molecule has 192 valence electrons. The zero-order chi connectivity index (χ0) is 24.9. The molecular formula is C31H50O3. The highest BCUT2D eigenvalue weighted by atomic mass is 16.4. The lowest BCUT2D eigenvalue weighted by atomic mass is 9.31. The van der Waals surface area contributed by atoms with Gasteiger partial charge in [0.1, 0.15) is 0 Å². The van der Waals surface area contributed by atoms with Crippen LogP contribution in [0.15, 0.2) is 12.2 Å². The van der Waals surface area contributed by atoms with Gasteiger partial charge in [-0.05, 0) is 128 Å². The van der Waals surface area contributed by atoms with Gasteiger partial charge in [0.05, 0.1) is 5.41 Å². The molecule has 2 N–H and O–H groups in total. The fourth-order valence-electron chi connectivity index (χ4n) is 11.9. The van der Waals surface area contributed by atoms with E-state index < -0.39 is 11.4 Å². The predicted molar refractivity (Wildman–Crippen MR) is 137 cm³/mol. The van der Waals surface area contributed by atoms with Crippen molar-refractivity contribution in [3.05, 3.63) is 12.2 Å². The van der Waals surface area contributed by atoms with E-state index in [0.29, 0.717) is 29.6 Å². The fourth-order valence-corrected chi connectivity index (χ4v) is 11.9. The third kappa shape index (κ3) is 2.77. The summed E-state index contributed by atoms with van der Waals surface area (Å²) in [6.07, 6.45) is 11.0. The van der Waals surface area contributed by atoms with Crippen molar-refractivity contribution < 1.29 is 15.0 Å². The summed E-state index contributed by atoms with van der Waals surface area (Å²) in [6.45, 7) is 18.9. The number of allylic oxidation sites excluding steroid dienone is 1. The molecule has 5 aliphatic carbocycles. The minimum atomic E-state index is -0.620. The Balaban J connectivity index is 1.61. The summed E-state index contributed by atoms with van der Waals surface area (Å²) in [4.78, 5) is 13.6. The van der Waals surface area contributed by atoms with Crippen LogP contribution in [0.5, 0.6) is 0 Å². The van der Waals surface area contributed by atoms with Gasteiger partial charge in [0, 0.05) is 6.61 Å². The van der Waals surface area contributed by atoms with Crippen molar-refractivity contribution in [2.45, 2.75) is 106 Å². The van der Waals surface area contributed by atoms with Crippen molar-refractivity contribution >= 4 is 5.97 Å². The number of aliphatic hydroxyl groups excluding tert-OH is 1. The third-order valence-corrected chi connectivity index (χ3v) is 13.9. The Morgan fingerprint density at radius 2 is 1.62 bits per heavy atom. The molecule has 5 saturated carbocycles. The van der Waals surface area contributed by atoms with Gasteiger partial charge >= 0.3 is 5.97 Å². The number of aliphatic hydroxyl groups is 1. The first-order valence-electron chi connectivity index (χ1n) is 14.3. The van der Waals surface area contributed by atoms with Crippen molar-refractivity contribution in [2.75, 3.05) is 6.61 Å². The summed E-state index contributed by atoms with van der Waals surface area (Å²) < 4.78 is 0. The molecule has 11 atom stereocenters. The van der Waals surface area contributed by atoms with Crippen LogP contribution in [0.4, 0.5) is 0 Å². The lowest BCUT2D eigenvalue weighted by molar-refractivity contribution is -0.253. The third-order valence-electron chi connectivity index (χ3n) is 13.9. The van der Waals surface area contributed by atoms with E-state index in [2.05, 4.69) is 48.1 Å². The van der Waals surface area contributed by atoms with Crippen molar-refractivity contribution in [1.82, 2.24) is 0 Å². The molecule has 0 heterocycles. The van der Waals surface area contributed by atoms with E-state index in [-0.39, 0.29) is 34.2 Å². The Hall–Kier alpha value is -0.830. The Labute approximate surface area is 208 Å². The maximum absolute atomic E-state index is 13.6. The molecule has 0 radical (unpaired) electrons. The molecule has 0 aromatic carbocycles. The Bertz CT molecular complexity index is 880. The molecular weight excluding hydrogens is 420 g/mol. The van der Waals surface area contributed by atoms with Crippen LogP contribution in [0, 0.1) is 62.6 Å². The van der Waals surface area contributed by atoms with Gasteiger partial charge in [0.15, 0.2) is 0 Å². The Kier molecular flexibility index (Phi) is 5.55. The standard InChI is InChI=1S/C31H50O3/c1-19(2)21-11-13-27(4)16-17-31(26(33)34)22(25(21)27)8-9-24-28(5)14-10-20(3)29(6,18-32)23(28)12-15-30(24,31)7/h20-25,32H,1,8-18H2,2-7H3,(H,33,34)/t20-,21?,22?,23?,24?,25?,27+,28-,29+,30+,31+/m0/s1. The Morgan fingerprint density at radius 3 is 2.24 bits per heavy atom. The maximum Gasteiger partial charge on any atom is 0.310 e. The maximum atomic E-state index is 13.6. The van der Waals surface area contributed by atoms with E-state index in [1.54, 1.807) is 0 Å². The van der Waals surface area contributed by atoms with Crippen LogP contribution in [-0.4, -0.2) is 22.8 Å². The van der Waals surface area contributed by atoms with Gasteiger partial charge in [-0.15, -0.1) is 0 Å². The molecule has 34 heavy (non-hydrogen) atoms. The fraction of sp³-hybridized carbons (Fsp3) is 0.903. The molecule has 5 unspecified atom stereocenters. The number of rotatable bonds is 3. The zero-order valence-corrected chi connectivity index (χ0v) is 22.8. The average Bonchev–Trinajstić information content (AvgIpc) is 3.14. The Morgan fingerprint density at radius 1 is 0.912 bits per heavy atom. The lowest BCUT2D eigenvalue weighted by Gasteiger charge is -2.72. The van der Waals surface area contributed by atoms with E-state index in [0.717, 1.165) is 44.9 Å². The second-order valence-electron chi connectivity index (χ2n) is 14.8. The minimum Gasteiger partial charge on any atom is -0.481 e. The summed E-state index contributed by atoms with van der Waals surface area (Å²) >= 11 is 0. The number of aliphatic carboxylic acids is 1. The molecule has 5 fully saturated rings. The quantitative estimate of drug-likeness (QED) is 0.424. The summed E-state index contributed by atoms with van der Waals surface area (Å²) in [5.74, 6) is 2.14. The van der Waals surface area contributed by atoms with Crippen LogP contribution in [0.3, 0.4) is 0 Å². The molecule has 0 bridgehead atoms. The first kappa shape index (κ1) is 24.8. The number of carboxylic acid groups (broad SMARTS) is 1. The summed E-state index contributed by atoms with van der Waals surface area (Å²) in [5.41, 5.74) is 0.821. The first-order valence-corrected chi connectivity index (χ1v) is 14.3. The van der Waals surface area contributed by atoms with Gasteiger partial charge in [-0.3, -0.25) is 4.79 Å². The van der Waals surface area contributed by atoms with E-state index in [9.17, 15) is 15.0 Å². The van der Waals surface area contributed by atoms with Crippen LogP contribution in [-0.2, 0) is 4.79 Å². The van der Waals surface area contributed by atoms with Crippen molar-refractivity contribution in [1.29, 1.82) is 0 Å². The smallest absolute Gasteiger partial charge is 0.310 e. The van der Waals surface area contributed by atoms with Gasteiger partial charge in [0.25, 0.3) is 0 Å². The molecule has 0 spiro atoms. The normalized spacial score (nSPS) is 56.6. The molecule has 5 aliphatic rings. The van der Waals surface area contributed by atoms with E-state index in [4.69, 9.17) is 0 Å². The van der Waals surface area contributed by atoms with Crippen LogP contribution >= 0.6 is 0 Å². The molecule has 3 nitrogen and oxygen atoms in total. The second-order valence-corrected chi connectivity index (χ2v) is 14.8. The van der Waals surface area contributed by atoms with Gasteiger partial charge in [0.2, 0.25) is 0 Å².